The summed E-state index contributed by atoms with van der Waals surface area (Å²) < 4.78 is 6.19. The van der Waals surface area contributed by atoms with Crippen molar-refractivity contribution in [3.8, 4) is 5.88 Å². The van der Waals surface area contributed by atoms with Crippen molar-refractivity contribution in [1.29, 1.82) is 0 Å². The van der Waals surface area contributed by atoms with Gasteiger partial charge in [-0.2, -0.15) is 0 Å². The van der Waals surface area contributed by atoms with E-state index in [1.807, 2.05) is 28.9 Å². The van der Waals surface area contributed by atoms with Crippen LogP contribution in [0.3, 0.4) is 0 Å². The first-order valence-electron chi connectivity index (χ1n) is 12.8. The van der Waals surface area contributed by atoms with Gasteiger partial charge in [0.1, 0.15) is 6.10 Å². The van der Waals surface area contributed by atoms with E-state index in [2.05, 4.69) is 4.98 Å². The van der Waals surface area contributed by atoms with Crippen molar-refractivity contribution >= 4 is 40.7 Å². The number of pyridine rings is 1. The second kappa shape index (κ2) is 10.3. The van der Waals surface area contributed by atoms with Crippen LogP contribution in [-0.2, 0) is 9.59 Å². The van der Waals surface area contributed by atoms with E-state index in [0.717, 1.165) is 18.4 Å². The highest BCUT2D eigenvalue weighted by Crippen LogP contribution is 2.40. The topological polar surface area (TPSA) is 115 Å². The average molecular weight is 546 g/mol. The molecule has 1 saturated carbocycles. The minimum atomic E-state index is -0.665. The lowest BCUT2D eigenvalue weighted by Gasteiger charge is -2.34. The number of likely N-dealkylation sites (tertiary alicyclic amines) is 2. The van der Waals surface area contributed by atoms with E-state index in [0.29, 0.717) is 60.6 Å². The molecule has 3 fully saturated rings. The Hall–Kier alpha value is -2.55. The Bertz CT molecular complexity index is 1170. The highest BCUT2D eigenvalue weighted by Gasteiger charge is 2.49. The highest BCUT2D eigenvalue weighted by atomic mass is 35.5. The first-order chi connectivity index (χ1) is 17.6. The van der Waals surface area contributed by atoms with Crippen LogP contribution in [0.25, 0.3) is 0 Å². The van der Waals surface area contributed by atoms with Crippen LogP contribution in [0.1, 0.15) is 44.1 Å². The normalized spacial score (nSPS) is 24.1. The summed E-state index contributed by atoms with van der Waals surface area (Å²) in [6, 6.07) is 9.15. The van der Waals surface area contributed by atoms with Crippen molar-refractivity contribution in [2.75, 3.05) is 31.9 Å². The number of nitrogen functional groups attached to an aromatic ring is 1. The van der Waals surface area contributed by atoms with Gasteiger partial charge in [0.05, 0.1) is 27.5 Å². The lowest BCUT2D eigenvalue weighted by atomic mass is 9.86. The number of aromatic nitrogens is 1. The molecule has 2 amide bonds. The van der Waals surface area contributed by atoms with Crippen LogP contribution < -0.4 is 16.2 Å². The quantitative estimate of drug-likeness (QED) is 0.571. The summed E-state index contributed by atoms with van der Waals surface area (Å²) in [4.78, 5) is 34.3. The molecule has 2 aliphatic heterocycles. The first-order valence-corrected chi connectivity index (χ1v) is 13.6. The van der Waals surface area contributed by atoms with Crippen molar-refractivity contribution in [2.45, 2.75) is 50.2 Å². The smallest absolute Gasteiger partial charge is 0.242 e. The number of carbonyl (C=O) groups excluding carboxylic acids is 2. The first kappa shape index (κ1) is 26.1. The zero-order valence-corrected chi connectivity index (χ0v) is 22.4. The standard InChI is InChI=1S/C27H33Cl2N5O3/c1-16(37-24-5-3-19(30)13-32-24)20-14-34(15-21(20)18-2-4-22(28)23(29)12-18)25(35)17-6-10-33(11-7-17)26(36)27(31)8-9-27/h2-5,12-13,16-17,20-21H,6-11,14-15,30-31H2,1H3/t16-,20+,21+/m0/s1. The Balaban J connectivity index is 1.29. The number of carbonyl (C=O) groups is 2. The van der Waals surface area contributed by atoms with Crippen LogP contribution >= 0.6 is 23.2 Å². The summed E-state index contributed by atoms with van der Waals surface area (Å²) in [5, 5.41) is 0.983. The minimum Gasteiger partial charge on any atom is -0.474 e. The van der Waals surface area contributed by atoms with Crippen LogP contribution in [0.15, 0.2) is 36.5 Å². The summed E-state index contributed by atoms with van der Waals surface area (Å²) in [6.07, 6.45) is 4.16. The summed E-state index contributed by atoms with van der Waals surface area (Å²) in [6.45, 7) is 4.28. The lowest BCUT2D eigenvalue weighted by Crippen LogP contribution is -2.50. The molecule has 0 bridgehead atoms. The zero-order chi connectivity index (χ0) is 26.3. The van der Waals surface area contributed by atoms with Gasteiger partial charge in [0, 0.05) is 50.0 Å². The fourth-order valence-electron chi connectivity index (χ4n) is 5.57. The molecule has 37 heavy (non-hydrogen) atoms. The predicted octanol–water partition coefficient (Wildman–Crippen LogP) is 3.71. The number of nitrogens with zero attached hydrogens (tertiary/aromatic N) is 3. The molecule has 1 aromatic heterocycles. The molecule has 8 nitrogen and oxygen atoms in total. The largest absolute Gasteiger partial charge is 0.474 e. The van der Waals surface area contributed by atoms with Crippen LogP contribution in [0.5, 0.6) is 5.88 Å². The molecule has 1 aromatic carbocycles. The van der Waals surface area contributed by atoms with E-state index in [4.69, 9.17) is 39.4 Å². The van der Waals surface area contributed by atoms with Crippen LogP contribution in [0.4, 0.5) is 5.69 Å². The summed E-state index contributed by atoms with van der Waals surface area (Å²) in [5.41, 5.74) is 12.8. The van der Waals surface area contributed by atoms with E-state index in [1.54, 1.807) is 24.4 Å². The van der Waals surface area contributed by atoms with Gasteiger partial charge in [0.2, 0.25) is 17.7 Å². The van der Waals surface area contributed by atoms with Crippen LogP contribution in [-0.4, -0.2) is 64.4 Å². The van der Waals surface area contributed by atoms with Gasteiger partial charge in [0.15, 0.2) is 0 Å². The number of hydrogen-bond donors (Lipinski definition) is 2. The maximum absolute atomic E-state index is 13.6. The number of nitrogens with two attached hydrogens (primary N) is 2. The number of benzene rings is 1. The third kappa shape index (κ3) is 5.52. The Morgan fingerprint density at radius 1 is 1.08 bits per heavy atom. The monoisotopic (exact) mass is 545 g/mol. The molecular formula is C27H33Cl2N5O3. The number of rotatable bonds is 6. The molecule has 0 spiro atoms. The Labute approximate surface area is 227 Å². The Morgan fingerprint density at radius 3 is 2.43 bits per heavy atom. The number of halogens is 2. The molecule has 2 aromatic rings. The van der Waals surface area contributed by atoms with Crippen molar-refractivity contribution in [1.82, 2.24) is 14.8 Å². The third-order valence-corrected chi connectivity index (χ3v) is 8.80. The van der Waals surface area contributed by atoms with Gasteiger partial charge in [0.25, 0.3) is 0 Å². The van der Waals surface area contributed by atoms with Gasteiger partial charge in [-0.05, 0) is 56.4 Å². The molecule has 3 aliphatic rings. The highest BCUT2D eigenvalue weighted by molar-refractivity contribution is 6.42. The van der Waals surface area contributed by atoms with Crippen LogP contribution in [0.2, 0.25) is 10.0 Å². The average Bonchev–Trinajstić information content (AvgIpc) is 3.49. The van der Waals surface area contributed by atoms with Crippen molar-refractivity contribution < 1.29 is 14.3 Å². The fourth-order valence-corrected chi connectivity index (χ4v) is 5.88. The summed E-state index contributed by atoms with van der Waals surface area (Å²) >= 11 is 12.5. The van der Waals surface area contributed by atoms with Gasteiger partial charge in [-0.1, -0.05) is 29.3 Å². The lowest BCUT2D eigenvalue weighted by molar-refractivity contribution is -0.141. The maximum atomic E-state index is 13.6. The summed E-state index contributed by atoms with van der Waals surface area (Å²) in [5.74, 6) is 0.586. The molecular weight excluding hydrogens is 513 g/mol. The van der Waals surface area contributed by atoms with Crippen molar-refractivity contribution in [3.05, 3.63) is 52.1 Å². The van der Waals surface area contributed by atoms with Gasteiger partial charge in [-0.3, -0.25) is 9.59 Å². The van der Waals surface area contributed by atoms with Crippen molar-refractivity contribution in [3.63, 3.8) is 0 Å². The summed E-state index contributed by atoms with van der Waals surface area (Å²) in [7, 11) is 0. The van der Waals surface area contributed by atoms with Gasteiger partial charge in [-0.15, -0.1) is 0 Å². The number of piperidine rings is 1. The van der Waals surface area contributed by atoms with Crippen LogP contribution in [0, 0.1) is 11.8 Å². The van der Waals surface area contributed by atoms with Crippen molar-refractivity contribution in [2.24, 2.45) is 17.6 Å². The number of ether oxygens (including phenoxy) is 1. The molecule has 3 heterocycles. The minimum absolute atomic E-state index is 0.0224. The molecule has 4 N–H and O–H groups in total. The van der Waals surface area contributed by atoms with E-state index >= 15 is 0 Å². The van der Waals surface area contributed by atoms with Gasteiger partial charge < -0.3 is 26.0 Å². The molecule has 5 rings (SSSR count). The van der Waals surface area contributed by atoms with Gasteiger partial charge >= 0.3 is 0 Å². The SMILES string of the molecule is C[C@H](Oc1ccc(N)cn1)[C@H]1CN(C(=O)C2CCN(C(=O)C3(N)CC3)CC2)C[C@@H]1c1ccc(Cl)c(Cl)c1. The molecule has 10 heteroatoms. The Kier molecular flexibility index (Phi) is 7.27. The molecule has 0 radical (unpaired) electrons. The predicted molar refractivity (Wildman–Crippen MR) is 143 cm³/mol. The molecule has 1 aliphatic carbocycles. The molecule has 198 valence electrons. The maximum Gasteiger partial charge on any atom is 0.242 e. The number of amides is 2. The third-order valence-electron chi connectivity index (χ3n) is 8.06. The molecule has 0 unspecified atom stereocenters. The number of anilines is 1. The zero-order valence-electron chi connectivity index (χ0n) is 20.9. The molecule has 2 saturated heterocycles. The second-order valence-electron chi connectivity index (χ2n) is 10.7. The Morgan fingerprint density at radius 2 is 1.81 bits per heavy atom. The van der Waals surface area contributed by atoms with E-state index in [-0.39, 0.29) is 35.7 Å². The van der Waals surface area contributed by atoms with E-state index < -0.39 is 5.54 Å². The molecule has 3 atom stereocenters. The fraction of sp³-hybridized carbons (Fsp3) is 0.519. The number of hydrogen-bond acceptors (Lipinski definition) is 6. The second-order valence-corrected chi connectivity index (χ2v) is 11.5. The van der Waals surface area contributed by atoms with E-state index in [1.165, 1.54) is 0 Å². The van der Waals surface area contributed by atoms with Gasteiger partial charge in [-0.25, -0.2) is 4.98 Å². The van der Waals surface area contributed by atoms with E-state index in [9.17, 15) is 9.59 Å².